The van der Waals surface area contributed by atoms with Gasteiger partial charge in [-0.25, -0.2) is 9.78 Å². The maximum absolute atomic E-state index is 12.8. The number of benzene rings is 2. The molecule has 3 aromatic rings. The van der Waals surface area contributed by atoms with E-state index >= 15 is 0 Å². The molecule has 1 aromatic heterocycles. The lowest BCUT2D eigenvalue weighted by atomic mass is 10.1. The van der Waals surface area contributed by atoms with Crippen LogP contribution in [0.1, 0.15) is 34.5 Å². The normalized spacial score (nSPS) is 13.2. The van der Waals surface area contributed by atoms with Crippen molar-refractivity contribution in [3.05, 3.63) is 76.2 Å². The number of urea groups is 1. The molecule has 3 amide bonds. The van der Waals surface area contributed by atoms with Crippen LogP contribution in [0, 0.1) is 0 Å². The number of amides is 3. The van der Waals surface area contributed by atoms with E-state index in [2.05, 4.69) is 15.6 Å². The third kappa shape index (κ3) is 5.86. The van der Waals surface area contributed by atoms with E-state index in [-0.39, 0.29) is 11.9 Å². The van der Waals surface area contributed by atoms with Crippen LogP contribution in [0.4, 0.5) is 10.5 Å². The molecular formula is C23H24N4O2S2. The maximum Gasteiger partial charge on any atom is 0.321 e. The fourth-order valence-corrected chi connectivity index (χ4v) is 5.02. The molecule has 0 unspecified atom stereocenters. The van der Waals surface area contributed by atoms with E-state index < -0.39 is 0 Å². The summed E-state index contributed by atoms with van der Waals surface area (Å²) in [6.07, 6.45) is 2.12. The van der Waals surface area contributed by atoms with Gasteiger partial charge in [0.25, 0.3) is 5.91 Å². The minimum absolute atomic E-state index is 0.0650. The molecule has 1 saturated heterocycles. The van der Waals surface area contributed by atoms with E-state index in [0.29, 0.717) is 12.1 Å². The van der Waals surface area contributed by atoms with E-state index in [1.807, 2.05) is 64.3 Å². The molecule has 0 radical (unpaired) electrons. The Morgan fingerprint density at radius 3 is 2.74 bits per heavy atom. The SMILES string of the molecule is O=C(NCc1cccc(NC(=O)N2CCCC2)c1)c1ccccc1SCc1cscn1. The number of nitrogens with one attached hydrogen (secondary N) is 2. The number of likely N-dealkylation sites (tertiary alicyclic amines) is 1. The van der Waals surface area contributed by atoms with Gasteiger partial charge in [-0.1, -0.05) is 24.3 Å². The summed E-state index contributed by atoms with van der Waals surface area (Å²) in [7, 11) is 0. The second-order valence-corrected chi connectivity index (χ2v) is 9.01. The first-order chi connectivity index (χ1) is 15.2. The topological polar surface area (TPSA) is 74.3 Å². The fourth-order valence-electron chi connectivity index (χ4n) is 3.40. The van der Waals surface area contributed by atoms with Gasteiger partial charge in [-0.3, -0.25) is 4.79 Å². The summed E-state index contributed by atoms with van der Waals surface area (Å²) < 4.78 is 0. The summed E-state index contributed by atoms with van der Waals surface area (Å²) in [5, 5.41) is 7.96. The van der Waals surface area contributed by atoms with E-state index in [1.54, 1.807) is 23.1 Å². The fraction of sp³-hybridized carbons (Fsp3) is 0.261. The van der Waals surface area contributed by atoms with Crippen LogP contribution in [0.15, 0.2) is 64.3 Å². The zero-order valence-electron chi connectivity index (χ0n) is 17.0. The number of nitrogens with zero attached hydrogens (tertiary/aromatic N) is 2. The zero-order chi connectivity index (χ0) is 21.5. The second-order valence-electron chi connectivity index (χ2n) is 7.27. The molecule has 1 fully saturated rings. The van der Waals surface area contributed by atoms with Gasteiger partial charge in [0, 0.05) is 41.4 Å². The third-order valence-electron chi connectivity index (χ3n) is 5.02. The van der Waals surface area contributed by atoms with Gasteiger partial charge in [0.05, 0.1) is 16.8 Å². The van der Waals surface area contributed by atoms with Crippen molar-refractivity contribution >= 4 is 40.7 Å². The number of thioether (sulfide) groups is 1. The largest absolute Gasteiger partial charge is 0.348 e. The molecule has 160 valence electrons. The van der Waals surface area contributed by atoms with Crippen molar-refractivity contribution in [2.75, 3.05) is 18.4 Å². The van der Waals surface area contributed by atoms with Crippen LogP contribution in [0.2, 0.25) is 0 Å². The van der Waals surface area contributed by atoms with Gasteiger partial charge in [0.1, 0.15) is 0 Å². The molecule has 1 aliphatic rings. The lowest BCUT2D eigenvalue weighted by Crippen LogP contribution is -2.32. The van der Waals surface area contributed by atoms with E-state index in [4.69, 9.17) is 0 Å². The second kappa shape index (κ2) is 10.5. The molecule has 0 atom stereocenters. The quantitative estimate of drug-likeness (QED) is 0.495. The Bertz CT molecular complexity index is 1030. The summed E-state index contributed by atoms with van der Waals surface area (Å²) in [6.45, 7) is 2.00. The summed E-state index contributed by atoms with van der Waals surface area (Å²) >= 11 is 3.18. The monoisotopic (exact) mass is 452 g/mol. The Labute approximate surface area is 190 Å². The van der Waals surface area contributed by atoms with Gasteiger partial charge < -0.3 is 15.5 Å². The van der Waals surface area contributed by atoms with Crippen LogP contribution in [0.5, 0.6) is 0 Å². The predicted molar refractivity (Wildman–Crippen MR) is 126 cm³/mol. The minimum Gasteiger partial charge on any atom is -0.348 e. The molecule has 0 bridgehead atoms. The van der Waals surface area contributed by atoms with Crippen molar-refractivity contribution in [1.82, 2.24) is 15.2 Å². The number of rotatable bonds is 7. The highest BCUT2D eigenvalue weighted by atomic mass is 32.2. The first-order valence-corrected chi connectivity index (χ1v) is 12.1. The number of aromatic nitrogens is 1. The molecule has 6 nitrogen and oxygen atoms in total. The van der Waals surface area contributed by atoms with E-state index in [1.165, 1.54) is 0 Å². The van der Waals surface area contributed by atoms with Crippen molar-refractivity contribution in [3.63, 3.8) is 0 Å². The summed E-state index contributed by atoms with van der Waals surface area (Å²) in [4.78, 5) is 32.2. The summed E-state index contributed by atoms with van der Waals surface area (Å²) in [6, 6.07) is 15.1. The highest BCUT2D eigenvalue weighted by Gasteiger charge is 2.18. The van der Waals surface area contributed by atoms with Gasteiger partial charge in [-0.2, -0.15) is 0 Å². The van der Waals surface area contributed by atoms with E-state index in [9.17, 15) is 9.59 Å². The molecule has 2 heterocycles. The molecule has 8 heteroatoms. The molecule has 1 aliphatic heterocycles. The Kier molecular flexibility index (Phi) is 7.22. The van der Waals surface area contributed by atoms with Crippen molar-refractivity contribution in [2.45, 2.75) is 30.0 Å². The van der Waals surface area contributed by atoms with Crippen molar-refractivity contribution in [2.24, 2.45) is 0 Å². The van der Waals surface area contributed by atoms with Crippen LogP contribution < -0.4 is 10.6 Å². The van der Waals surface area contributed by atoms with Crippen molar-refractivity contribution in [3.8, 4) is 0 Å². The Hall–Kier alpha value is -2.84. The first-order valence-electron chi connectivity index (χ1n) is 10.2. The van der Waals surface area contributed by atoms with Crippen molar-refractivity contribution < 1.29 is 9.59 Å². The number of carbonyl (C=O) groups excluding carboxylic acids is 2. The minimum atomic E-state index is -0.118. The standard InChI is InChI=1S/C23H24N4O2S2/c28-22(20-8-1-2-9-21(20)31-15-19-14-30-16-25-19)24-13-17-6-5-7-18(12-17)26-23(29)27-10-3-4-11-27/h1-2,5-9,12,14,16H,3-4,10-11,13,15H2,(H,24,28)(H,26,29). The van der Waals surface area contributed by atoms with Crippen LogP contribution in [-0.4, -0.2) is 34.9 Å². The molecule has 2 N–H and O–H groups in total. The van der Waals surface area contributed by atoms with E-state index in [0.717, 1.165) is 53.5 Å². The maximum atomic E-state index is 12.8. The molecule has 2 aromatic carbocycles. The van der Waals surface area contributed by atoms with Gasteiger partial charge in [0.15, 0.2) is 0 Å². The van der Waals surface area contributed by atoms with Gasteiger partial charge >= 0.3 is 6.03 Å². The summed E-state index contributed by atoms with van der Waals surface area (Å²) in [5.41, 5.74) is 5.15. The average Bonchev–Trinajstić information content (AvgIpc) is 3.51. The molecule has 4 rings (SSSR count). The Balaban J connectivity index is 1.35. The highest BCUT2D eigenvalue weighted by molar-refractivity contribution is 7.98. The smallest absolute Gasteiger partial charge is 0.321 e. The molecule has 31 heavy (non-hydrogen) atoms. The number of thiazole rings is 1. The predicted octanol–water partition coefficient (Wildman–Crippen LogP) is 4.99. The number of hydrogen-bond acceptors (Lipinski definition) is 5. The lowest BCUT2D eigenvalue weighted by molar-refractivity contribution is 0.0948. The van der Waals surface area contributed by atoms with Crippen LogP contribution >= 0.6 is 23.1 Å². The number of hydrogen-bond donors (Lipinski definition) is 2. The van der Waals surface area contributed by atoms with Crippen LogP contribution in [0.25, 0.3) is 0 Å². The molecule has 0 saturated carbocycles. The highest BCUT2D eigenvalue weighted by Crippen LogP contribution is 2.26. The summed E-state index contributed by atoms with van der Waals surface area (Å²) in [5.74, 6) is 0.611. The Morgan fingerprint density at radius 1 is 1.10 bits per heavy atom. The molecule has 0 aliphatic carbocycles. The number of carbonyl (C=O) groups is 2. The van der Waals surface area contributed by atoms with Crippen LogP contribution in [0.3, 0.4) is 0 Å². The van der Waals surface area contributed by atoms with Gasteiger partial charge in [-0.05, 0) is 42.7 Å². The third-order valence-corrected chi connectivity index (χ3v) is 6.76. The average molecular weight is 453 g/mol. The molecular weight excluding hydrogens is 428 g/mol. The molecule has 0 spiro atoms. The van der Waals surface area contributed by atoms with Crippen molar-refractivity contribution in [1.29, 1.82) is 0 Å². The van der Waals surface area contributed by atoms with Crippen LogP contribution in [-0.2, 0) is 12.3 Å². The Morgan fingerprint density at radius 2 is 1.94 bits per heavy atom. The lowest BCUT2D eigenvalue weighted by Gasteiger charge is -2.16. The number of anilines is 1. The van der Waals surface area contributed by atoms with Gasteiger partial charge in [0.2, 0.25) is 0 Å². The zero-order valence-corrected chi connectivity index (χ0v) is 18.7. The first kappa shape index (κ1) is 21.4. The van der Waals surface area contributed by atoms with Gasteiger partial charge in [-0.15, -0.1) is 23.1 Å².